The predicted molar refractivity (Wildman–Crippen MR) is 141 cm³/mol. The summed E-state index contributed by atoms with van der Waals surface area (Å²) in [5.74, 6) is 0.311. The third-order valence-corrected chi connectivity index (χ3v) is 6.74. The summed E-state index contributed by atoms with van der Waals surface area (Å²) >= 11 is 7.37. The number of benzene rings is 1. The molecular formula is C25H28ClN5O5S. The molecule has 0 radical (unpaired) electrons. The third kappa shape index (κ3) is 6.60. The van der Waals surface area contributed by atoms with Gasteiger partial charge in [0.2, 0.25) is 11.9 Å². The van der Waals surface area contributed by atoms with Gasteiger partial charge in [-0.25, -0.2) is 4.98 Å². The number of hydrogen-bond acceptors (Lipinski definition) is 8. The van der Waals surface area contributed by atoms with Crippen LogP contribution in [0, 0.1) is 11.3 Å². The molecule has 0 bridgehead atoms. The molecule has 0 spiro atoms. The molecular weight excluding hydrogens is 518 g/mol. The van der Waals surface area contributed by atoms with Gasteiger partial charge in [0.25, 0.3) is 5.91 Å². The average Bonchev–Trinajstić information content (AvgIpc) is 3.48. The van der Waals surface area contributed by atoms with Crippen LogP contribution >= 0.6 is 22.9 Å². The lowest BCUT2D eigenvalue weighted by Gasteiger charge is -2.30. The fourth-order valence-corrected chi connectivity index (χ4v) is 4.66. The molecule has 0 aliphatic carbocycles. The number of ether oxygens (including phenoxy) is 3. The van der Waals surface area contributed by atoms with Crippen LogP contribution in [0.25, 0.3) is 10.6 Å². The molecule has 1 unspecified atom stereocenters. The van der Waals surface area contributed by atoms with Crippen molar-refractivity contribution in [3.8, 4) is 28.1 Å². The van der Waals surface area contributed by atoms with E-state index in [0.29, 0.717) is 27.1 Å². The molecule has 0 aliphatic rings. The zero-order valence-electron chi connectivity index (χ0n) is 21.1. The highest BCUT2D eigenvalue weighted by Crippen LogP contribution is 2.33. The molecule has 0 saturated heterocycles. The van der Waals surface area contributed by atoms with E-state index in [0.717, 1.165) is 4.88 Å². The van der Waals surface area contributed by atoms with Gasteiger partial charge in [-0.1, -0.05) is 17.7 Å². The number of nitriles is 1. The number of halogens is 1. The Hall–Kier alpha value is -3.59. The summed E-state index contributed by atoms with van der Waals surface area (Å²) < 4.78 is 18.3. The fraction of sp³-hybridized carbons (Fsp3) is 0.360. The summed E-state index contributed by atoms with van der Waals surface area (Å²) in [6, 6.07) is 10.4. The number of imidazole rings is 1. The van der Waals surface area contributed by atoms with Crippen molar-refractivity contribution < 1.29 is 23.8 Å². The Morgan fingerprint density at radius 3 is 2.49 bits per heavy atom. The standard InChI is InChI=1S/C25H28ClN5O5S/c1-15(2)31(24(33)23(36-5)16-6-7-18(34-3)19(12-16)35-4)14-22(32)29-25-28-17(13-30(25)11-10-27)20-8-9-21(26)37-20/h6-9,12-13,15,23H,11,14H2,1-5H3,(H,28,29,32). The number of aromatic nitrogens is 2. The number of anilines is 1. The number of nitrogens with one attached hydrogen (secondary N) is 1. The average molecular weight is 546 g/mol. The molecule has 10 nitrogen and oxygen atoms in total. The second-order valence-electron chi connectivity index (χ2n) is 8.18. The molecule has 0 fully saturated rings. The molecule has 0 saturated carbocycles. The lowest BCUT2D eigenvalue weighted by atomic mass is 10.1. The smallest absolute Gasteiger partial charge is 0.257 e. The normalized spacial score (nSPS) is 11.6. The fourth-order valence-electron chi connectivity index (χ4n) is 3.66. The van der Waals surface area contributed by atoms with E-state index in [2.05, 4.69) is 16.4 Å². The molecule has 1 aromatic carbocycles. The molecule has 0 aliphatic heterocycles. The molecule has 1 atom stereocenters. The monoisotopic (exact) mass is 545 g/mol. The first-order valence-electron chi connectivity index (χ1n) is 11.3. The van der Waals surface area contributed by atoms with Crippen molar-refractivity contribution in [2.75, 3.05) is 33.2 Å². The molecule has 3 aromatic rings. The van der Waals surface area contributed by atoms with Crippen molar-refractivity contribution in [3.63, 3.8) is 0 Å². The molecule has 3 rings (SSSR count). The highest BCUT2D eigenvalue weighted by atomic mass is 35.5. The summed E-state index contributed by atoms with van der Waals surface area (Å²) in [7, 11) is 4.45. The molecule has 2 heterocycles. The Balaban J connectivity index is 1.81. The first-order valence-corrected chi connectivity index (χ1v) is 12.5. The van der Waals surface area contributed by atoms with Gasteiger partial charge in [0.1, 0.15) is 18.8 Å². The van der Waals surface area contributed by atoms with Gasteiger partial charge in [-0.15, -0.1) is 11.3 Å². The van der Waals surface area contributed by atoms with Crippen LogP contribution < -0.4 is 14.8 Å². The van der Waals surface area contributed by atoms with Crippen LogP contribution in [-0.2, 0) is 20.9 Å². The van der Waals surface area contributed by atoms with Crippen molar-refractivity contribution in [3.05, 3.63) is 46.4 Å². The maximum Gasteiger partial charge on any atom is 0.257 e. The summed E-state index contributed by atoms with van der Waals surface area (Å²) in [4.78, 5) is 33.2. The molecule has 12 heteroatoms. The summed E-state index contributed by atoms with van der Waals surface area (Å²) in [6.45, 7) is 3.35. The maximum absolute atomic E-state index is 13.5. The lowest BCUT2D eigenvalue weighted by Crippen LogP contribution is -2.45. The first-order chi connectivity index (χ1) is 17.7. The van der Waals surface area contributed by atoms with Crippen molar-refractivity contribution >= 4 is 40.7 Å². The molecule has 196 valence electrons. The minimum atomic E-state index is -0.967. The number of rotatable bonds is 11. The van der Waals surface area contributed by atoms with Crippen LogP contribution in [0.3, 0.4) is 0 Å². The van der Waals surface area contributed by atoms with E-state index in [9.17, 15) is 14.9 Å². The minimum Gasteiger partial charge on any atom is -0.493 e. The molecule has 1 N–H and O–H groups in total. The van der Waals surface area contributed by atoms with Crippen molar-refractivity contribution in [2.24, 2.45) is 0 Å². The van der Waals surface area contributed by atoms with Gasteiger partial charge in [-0.3, -0.25) is 14.9 Å². The first kappa shape index (κ1) is 28.0. The summed E-state index contributed by atoms with van der Waals surface area (Å²) in [5, 5.41) is 11.9. The third-order valence-electron chi connectivity index (χ3n) is 5.49. The topological polar surface area (TPSA) is 119 Å². The van der Waals surface area contributed by atoms with E-state index in [4.69, 9.17) is 25.8 Å². The Labute approximate surface area is 224 Å². The highest BCUT2D eigenvalue weighted by molar-refractivity contribution is 7.19. The number of carbonyl (C=O) groups excluding carboxylic acids is 2. The quantitative estimate of drug-likeness (QED) is 0.380. The second-order valence-corrected chi connectivity index (χ2v) is 9.89. The molecule has 37 heavy (non-hydrogen) atoms. The van der Waals surface area contributed by atoms with E-state index in [-0.39, 0.29) is 25.1 Å². The Morgan fingerprint density at radius 1 is 1.19 bits per heavy atom. The lowest BCUT2D eigenvalue weighted by molar-refractivity contribution is -0.146. The number of nitrogens with zero attached hydrogens (tertiary/aromatic N) is 4. The highest BCUT2D eigenvalue weighted by Gasteiger charge is 2.30. The van der Waals surface area contributed by atoms with Gasteiger partial charge < -0.3 is 23.7 Å². The minimum absolute atomic E-state index is 0.0143. The van der Waals surface area contributed by atoms with Crippen molar-refractivity contribution in [2.45, 2.75) is 32.5 Å². The summed E-state index contributed by atoms with van der Waals surface area (Å²) in [5.41, 5.74) is 1.13. The largest absolute Gasteiger partial charge is 0.493 e. The second kappa shape index (κ2) is 12.6. The Bertz CT molecular complexity index is 1300. The van der Waals surface area contributed by atoms with Crippen LogP contribution in [0.15, 0.2) is 36.5 Å². The van der Waals surface area contributed by atoms with Gasteiger partial charge in [0.05, 0.1) is 29.5 Å². The van der Waals surface area contributed by atoms with Crippen LogP contribution in [0.1, 0.15) is 25.5 Å². The number of amides is 2. The molecule has 2 aromatic heterocycles. The number of thiophene rings is 1. The maximum atomic E-state index is 13.5. The van der Waals surface area contributed by atoms with Crippen LogP contribution in [0.5, 0.6) is 11.5 Å². The molecule has 2 amide bonds. The van der Waals surface area contributed by atoms with Gasteiger partial charge in [-0.2, -0.15) is 5.26 Å². The van der Waals surface area contributed by atoms with Crippen LogP contribution in [0.4, 0.5) is 5.95 Å². The zero-order valence-corrected chi connectivity index (χ0v) is 22.7. The Morgan fingerprint density at radius 2 is 1.92 bits per heavy atom. The number of carbonyl (C=O) groups is 2. The van der Waals surface area contributed by atoms with Gasteiger partial charge in [0.15, 0.2) is 17.6 Å². The van der Waals surface area contributed by atoms with Crippen molar-refractivity contribution in [1.82, 2.24) is 14.5 Å². The van der Waals surface area contributed by atoms with Crippen LogP contribution in [0.2, 0.25) is 4.34 Å². The van der Waals surface area contributed by atoms with E-state index in [1.165, 1.54) is 42.1 Å². The SMILES string of the molecule is COc1ccc(C(OC)C(=O)N(CC(=O)Nc2nc(-c3ccc(Cl)s3)cn2CC#N)C(C)C)cc1OC. The van der Waals surface area contributed by atoms with Crippen molar-refractivity contribution in [1.29, 1.82) is 5.26 Å². The van der Waals surface area contributed by atoms with Crippen LogP contribution in [-0.4, -0.2) is 60.2 Å². The summed E-state index contributed by atoms with van der Waals surface area (Å²) in [6.07, 6.45) is 0.704. The van der Waals surface area contributed by atoms with E-state index in [1.54, 1.807) is 30.5 Å². The van der Waals surface area contributed by atoms with Gasteiger partial charge >= 0.3 is 0 Å². The van der Waals surface area contributed by atoms with E-state index in [1.807, 2.05) is 19.9 Å². The number of hydrogen-bond donors (Lipinski definition) is 1. The van der Waals surface area contributed by atoms with E-state index < -0.39 is 17.9 Å². The van der Waals surface area contributed by atoms with Gasteiger partial charge in [0, 0.05) is 19.3 Å². The Kier molecular flexibility index (Phi) is 9.52. The number of methoxy groups -OCH3 is 3. The van der Waals surface area contributed by atoms with E-state index >= 15 is 0 Å². The predicted octanol–water partition coefficient (Wildman–Crippen LogP) is 4.37. The van der Waals surface area contributed by atoms with Gasteiger partial charge in [-0.05, 0) is 43.7 Å². The zero-order chi connectivity index (χ0) is 27.1.